The molecule has 1 aromatic carbocycles. The van der Waals surface area contributed by atoms with Gasteiger partial charge in [-0.1, -0.05) is 42.5 Å². The lowest BCUT2D eigenvalue weighted by Crippen LogP contribution is -2.25. The molecule has 1 aromatic heterocycles. The zero-order chi connectivity index (χ0) is 17.5. The Morgan fingerprint density at radius 3 is 2.75 bits per heavy atom. The van der Waals surface area contributed by atoms with Gasteiger partial charge >= 0.3 is 5.97 Å². The number of amides is 1. The molecule has 0 radical (unpaired) electrons. The molecule has 0 saturated heterocycles. The number of thioether (sulfide) groups is 1. The molecule has 6 nitrogen and oxygen atoms in total. The van der Waals surface area contributed by atoms with Gasteiger partial charge in [0.05, 0.1) is 18.1 Å². The van der Waals surface area contributed by atoms with E-state index in [2.05, 4.69) is 20.3 Å². The number of anilines is 1. The summed E-state index contributed by atoms with van der Waals surface area (Å²) >= 11 is 2.59. The van der Waals surface area contributed by atoms with Gasteiger partial charge in [-0.3, -0.25) is 14.9 Å². The topological polar surface area (TPSA) is 81.2 Å². The van der Waals surface area contributed by atoms with Crippen LogP contribution >= 0.6 is 23.1 Å². The predicted octanol–water partition coefficient (Wildman–Crippen LogP) is 3.14. The van der Waals surface area contributed by atoms with Crippen molar-refractivity contribution in [2.75, 3.05) is 18.2 Å². The van der Waals surface area contributed by atoms with Gasteiger partial charge in [-0.05, 0) is 18.9 Å². The molecule has 128 valence electrons. The van der Waals surface area contributed by atoms with Crippen LogP contribution < -0.4 is 5.32 Å². The Morgan fingerprint density at radius 1 is 1.33 bits per heavy atom. The van der Waals surface area contributed by atoms with E-state index in [0.29, 0.717) is 11.6 Å². The lowest BCUT2D eigenvalue weighted by molar-refractivity contribution is -0.137. The van der Waals surface area contributed by atoms with Crippen molar-refractivity contribution in [1.29, 1.82) is 0 Å². The molecule has 0 aliphatic heterocycles. The first kappa shape index (κ1) is 18.4. The van der Waals surface area contributed by atoms with Crippen LogP contribution in [0.25, 0.3) is 10.6 Å². The first-order chi connectivity index (χ1) is 11.5. The summed E-state index contributed by atoms with van der Waals surface area (Å²) in [7, 11) is 1.33. The van der Waals surface area contributed by atoms with Crippen LogP contribution in [0.3, 0.4) is 0 Å². The van der Waals surface area contributed by atoms with Crippen molar-refractivity contribution in [2.24, 2.45) is 0 Å². The number of hydrogen-bond acceptors (Lipinski definition) is 7. The van der Waals surface area contributed by atoms with Gasteiger partial charge in [-0.2, -0.15) is 0 Å². The number of carbonyl (C=O) groups is 2. The van der Waals surface area contributed by atoms with Crippen LogP contribution in [0.5, 0.6) is 0 Å². The smallest absolute Gasteiger partial charge is 0.315 e. The summed E-state index contributed by atoms with van der Waals surface area (Å²) in [6.45, 7) is 3.90. The number of esters is 1. The summed E-state index contributed by atoms with van der Waals surface area (Å²) in [6.07, 6.45) is 0.608. The molecule has 1 amide bonds. The minimum absolute atomic E-state index is 0.146. The monoisotopic (exact) mass is 365 g/mol. The third-order valence-corrected chi connectivity index (χ3v) is 5.55. The Labute approximate surface area is 149 Å². The fourth-order valence-electron chi connectivity index (χ4n) is 1.99. The van der Waals surface area contributed by atoms with Crippen LogP contribution in [0.2, 0.25) is 0 Å². The molecule has 0 aliphatic carbocycles. The number of aryl methyl sites for hydroxylation is 1. The molecule has 1 heterocycles. The Kier molecular flexibility index (Phi) is 6.74. The predicted molar refractivity (Wildman–Crippen MR) is 97.3 cm³/mol. The minimum Gasteiger partial charge on any atom is -0.468 e. The molecule has 0 saturated carbocycles. The quantitative estimate of drug-likeness (QED) is 0.759. The van der Waals surface area contributed by atoms with Gasteiger partial charge in [-0.15, -0.1) is 22.0 Å². The molecule has 0 fully saturated rings. The van der Waals surface area contributed by atoms with Crippen LogP contribution in [0.4, 0.5) is 5.13 Å². The minimum atomic E-state index is -0.344. The largest absolute Gasteiger partial charge is 0.468 e. The van der Waals surface area contributed by atoms with Crippen LogP contribution in [-0.4, -0.2) is 40.2 Å². The number of hydrogen-bond donors (Lipinski definition) is 1. The molecule has 0 bridgehead atoms. The molecule has 1 atom stereocenters. The standard InChI is InChI=1S/C16H19N3O3S2/c1-4-12(23-9-13(20)22-3)14(21)17-16-19-18-15(24-16)11-8-6-5-7-10(11)2/h5-8,12H,4,9H2,1-3H3,(H,17,19,21)/t12-/m1/s1. The zero-order valence-electron chi connectivity index (χ0n) is 13.7. The highest BCUT2D eigenvalue weighted by atomic mass is 32.2. The van der Waals surface area contributed by atoms with Gasteiger partial charge in [-0.25, -0.2) is 0 Å². The molecule has 0 unspecified atom stereocenters. The number of methoxy groups -OCH3 is 1. The first-order valence-corrected chi connectivity index (χ1v) is 9.30. The third kappa shape index (κ3) is 4.78. The molecule has 0 aliphatic rings. The van der Waals surface area contributed by atoms with E-state index in [0.717, 1.165) is 16.1 Å². The second kappa shape index (κ2) is 8.79. The van der Waals surface area contributed by atoms with Gasteiger partial charge in [0.15, 0.2) is 0 Å². The average Bonchev–Trinajstić information content (AvgIpc) is 3.03. The van der Waals surface area contributed by atoms with E-state index in [-0.39, 0.29) is 22.9 Å². The number of rotatable bonds is 7. The zero-order valence-corrected chi connectivity index (χ0v) is 15.4. The number of carbonyl (C=O) groups excluding carboxylic acids is 2. The summed E-state index contributed by atoms with van der Waals surface area (Å²) in [5, 5.41) is 11.8. The molecule has 1 N–H and O–H groups in total. The highest BCUT2D eigenvalue weighted by molar-refractivity contribution is 8.01. The lowest BCUT2D eigenvalue weighted by Gasteiger charge is -2.12. The summed E-state index contributed by atoms with van der Waals surface area (Å²) in [5.74, 6) is -0.379. The van der Waals surface area contributed by atoms with Crippen molar-refractivity contribution in [3.8, 4) is 10.6 Å². The van der Waals surface area contributed by atoms with E-state index in [4.69, 9.17) is 0 Å². The molecule has 2 aromatic rings. The normalized spacial score (nSPS) is 11.8. The van der Waals surface area contributed by atoms with Crippen molar-refractivity contribution in [1.82, 2.24) is 10.2 Å². The summed E-state index contributed by atoms with van der Waals surface area (Å²) in [6, 6.07) is 7.89. The Balaban J connectivity index is 2.01. The Morgan fingerprint density at radius 2 is 2.08 bits per heavy atom. The number of nitrogens with one attached hydrogen (secondary N) is 1. The van der Waals surface area contributed by atoms with E-state index in [1.165, 1.54) is 30.2 Å². The van der Waals surface area contributed by atoms with Crippen molar-refractivity contribution >= 4 is 40.1 Å². The first-order valence-electron chi connectivity index (χ1n) is 7.44. The molecule has 24 heavy (non-hydrogen) atoms. The SMILES string of the molecule is CC[C@@H](SCC(=O)OC)C(=O)Nc1nnc(-c2ccccc2C)s1. The van der Waals surface area contributed by atoms with Crippen LogP contribution in [0.15, 0.2) is 24.3 Å². The second-order valence-electron chi connectivity index (χ2n) is 5.00. The maximum absolute atomic E-state index is 12.3. The van der Waals surface area contributed by atoms with E-state index in [1.807, 2.05) is 38.1 Å². The van der Waals surface area contributed by atoms with Crippen LogP contribution in [0.1, 0.15) is 18.9 Å². The summed E-state index contributed by atoms with van der Waals surface area (Å²) < 4.78 is 4.59. The van der Waals surface area contributed by atoms with Crippen molar-refractivity contribution in [3.63, 3.8) is 0 Å². The van der Waals surface area contributed by atoms with E-state index in [1.54, 1.807) is 0 Å². The molecule has 0 spiro atoms. The average molecular weight is 365 g/mol. The summed E-state index contributed by atoms with van der Waals surface area (Å²) in [5.41, 5.74) is 2.11. The number of ether oxygens (including phenoxy) is 1. The fourth-order valence-corrected chi connectivity index (χ4v) is 3.73. The maximum Gasteiger partial charge on any atom is 0.315 e. The van der Waals surface area contributed by atoms with Gasteiger partial charge < -0.3 is 4.74 Å². The van der Waals surface area contributed by atoms with Crippen LogP contribution in [0, 0.1) is 6.92 Å². The van der Waals surface area contributed by atoms with Gasteiger partial charge in [0.1, 0.15) is 5.01 Å². The van der Waals surface area contributed by atoms with Crippen LogP contribution in [-0.2, 0) is 14.3 Å². The lowest BCUT2D eigenvalue weighted by atomic mass is 10.1. The molecular weight excluding hydrogens is 346 g/mol. The van der Waals surface area contributed by atoms with Gasteiger partial charge in [0.25, 0.3) is 0 Å². The Bertz CT molecular complexity index is 718. The van der Waals surface area contributed by atoms with Crippen molar-refractivity contribution < 1.29 is 14.3 Å². The molecular formula is C16H19N3O3S2. The fraction of sp³-hybridized carbons (Fsp3) is 0.375. The van der Waals surface area contributed by atoms with E-state index in [9.17, 15) is 9.59 Å². The number of benzene rings is 1. The van der Waals surface area contributed by atoms with E-state index >= 15 is 0 Å². The summed E-state index contributed by atoms with van der Waals surface area (Å²) in [4.78, 5) is 23.5. The van der Waals surface area contributed by atoms with Gasteiger partial charge in [0, 0.05) is 5.56 Å². The molecule has 2 rings (SSSR count). The van der Waals surface area contributed by atoms with E-state index < -0.39 is 0 Å². The second-order valence-corrected chi connectivity index (χ2v) is 7.17. The number of nitrogens with zero attached hydrogens (tertiary/aromatic N) is 2. The third-order valence-electron chi connectivity index (χ3n) is 3.32. The van der Waals surface area contributed by atoms with Gasteiger partial charge in [0.2, 0.25) is 11.0 Å². The van der Waals surface area contributed by atoms with Crippen molar-refractivity contribution in [3.05, 3.63) is 29.8 Å². The molecule has 8 heteroatoms. The number of aromatic nitrogens is 2. The maximum atomic E-state index is 12.3. The Hall–Kier alpha value is -1.93. The highest BCUT2D eigenvalue weighted by Gasteiger charge is 2.20. The van der Waals surface area contributed by atoms with Crippen molar-refractivity contribution in [2.45, 2.75) is 25.5 Å². The highest BCUT2D eigenvalue weighted by Crippen LogP contribution is 2.29.